The maximum Gasteiger partial charge on any atom is 0.231 e. The van der Waals surface area contributed by atoms with Crippen molar-refractivity contribution in [2.75, 3.05) is 38.1 Å². The summed E-state index contributed by atoms with van der Waals surface area (Å²) in [6.45, 7) is 2.99. The Bertz CT molecular complexity index is 909. The number of alkyl halides is 1. The highest BCUT2D eigenvalue weighted by Crippen LogP contribution is 2.46. The lowest BCUT2D eigenvalue weighted by molar-refractivity contribution is 0.0219. The molecule has 5 rings (SSSR count). The molecule has 172 valence electrons. The molecule has 4 aliphatic heterocycles. The lowest BCUT2D eigenvalue weighted by Gasteiger charge is -2.51. The van der Waals surface area contributed by atoms with Crippen molar-refractivity contribution < 1.29 is 17.9 Å². The number of nitrogens with zero attached hydrogens (tertiary/aromatic N) is 2. The van der Waals surface area contributed by atoms with E-state index < -0.39 is 10.0 Å². The Hall–Kier alpha value is -1.02. The average molecular weight is 469 g/mol. The van der Waals surface area contributed by atoms with Gasteiger partial charge in [-0.15, -0.1) is 11.6 Å². The minimum absolute atomic E-state index is 0.110. The monoisotopic (exact) mass is 468 g/mol. The fourth-order valence-corrected chi connectivity index (χ4v) is 8.06. The molecule has 0 bridgehead atoms. The van der Waals surface area contributed by atoms with Crippen molar-refractivity contribution in [2.45, 2.75) is 63.5 Å². The van der Waals surface area contributed by atoms with E-state index in [1.165, 1.54) is 11.1 Å². The molecular weight excluding hydrogens is 436 g/mol. The van der Waals surface area contributed by atoms with E-state index in [1.807, 2.05) is 4.31 Å². The molecule has 0 aliphatic carbocycles. The topological polar surface area (TPSA) is 59.1 Å². The largest absolute Gasteiger partial charge is 0.454 e. The second-order valence-corrected chi connectivity index (χ2v) is 11.8. The van der Waals surface area contributed by atoms with E-state index >= 15 is 0 Å². The fourth-order valence-electron chi connectivity index (χ4n) is 5.99. The summed E-state index contributed by atoms with van der Waals surface area (Å²) in [7, 11) is -3.23. The first kappa shape index (κ1) is 21.8. The first-order valence-corrected chi connectivity index (χ1v) is 13.9. The molecule has 0 aromatic heterocycles. The molecule has 0 amide bonds. The molecule has 0 spiro atoms. The molecule has 1 aromatic rings. The third-order valence-electron chi connectivity index (χ3n) is 7.55. The molecule has 3 atom stereocenters. The quantitative estimate of drug-likeness (QED) is 0.448. The van der Waals surface area contributed by atoms with Gasteiger partial charge in [0.25, 0.3) is 0 Å². The van der Waals surface area contributed by atoms with Crippen LogP contribution in [-0.2, 0) is 16.4 Å². The van der Waals surface area contributed by atoms with Crippen molar-refractivity contribution in [2.24, 2.45) is 5.92 Å². The molecule has 2 fully saturated rings. The molecule has 1 aromatic carbocycles. The highest BCUT2D eigenvalue weighted by molar-refractivity contribution is 7.89. The van der Waals surface area contributed by atoms with Crippen molar-refractivity contribution >= 4 is 21.6 Å². The van der Waals surface area contributed by atoms with Gasteiger partial charge in [-0.1, -0.05) is 12.8 Å². The second kappa shape index (κ2) is 9.08. The van der Waals surface area contributed by atoms with Crippen LogP contribution < -0.4 is 9.47 Å². The first-order valence-electron chi connectivity index (χ1n) is 11.8. The van der Waals surface area contributed by atoms with Crippen LogP contribution in [0.25, 0.3) is 0 Å². The zero-order valence-corrected chi connectivity index (χ0v) is 19.7. The summed E-state index contributed by atoms with van der Waals surface area (Å²) in [5.74, 6) is 3.03. The van der Waals surface area contributed by atoms with Gasteiger partial charge in [0, 0.05) is 37.6 Å². The molecule has 2 saturated heterocycles. The Kier molecular flexibility index (Phi) is 6.39. The van der Waals surface area contributed by atoms with Gasteiger partial charge in [0.2, 0.25) is 16.8 Å². The molecule has 8 heteroatoms. The van der Waals surface area contributed by atoms with E-state index in [1.54, 1.807) is 0 Å². The molecule has 0 N–H and O–H groups in total. The maximum absolute atomic E-state index is 13.3. The maximum atomic E-state index is 13.3. The van der Waals surface area contributed by atoms with Crippen LogP contribution in [0, 0.1) is 5.92 Å². The number of piperidine rings is 2. The van der Waals surface area contributed by atoms with Crippen LogP contribution in [0.1, 0.15) is 62.1 Å². The third kappa shape index (κ3) is 4.31. The zero-order chi connectivity index (χ0) is 21.4. The Balaban J connectivity index is 1.34. The van der Waals surface area contributed by atoms with Crippen molar-refractivity contribution in [1.82, 2.24) is 9.21 Å². The van der Waals surface area contributed by atoms with Crippen LogP contribution in [0.2, 0.25) is 0 Å². The first-order chi connectivity index (χ1) is 15.1. The Morgan fingerprint density at radius 3 is 2.71 bits per heavy atom. The Morgan fingerprint density at radius 2 is 1.87 bits per heavy atom. The van der Waals surface area contributed by atoms with Crippen molar-refractivity contribution in [1.29, 1.82) is 0 Å². The summed E-state index contributed by atoms with van der Waals surface area (Å²) in [4.78, 5) is 2.58. The SMILES string of the molecule is O=S(=O)(CCCCCCCl)N1CCC[C@H]2CN3CCc4cc5c(cc4[C@@H]3C[C@H]21)OCO5. The number of halogens is 1. The van der Waals surface area contributed by atoms with Crippen molar-refractivity contribution in [3.05, 3.63) is 23.3 Å². The lowest BCUT2D eigenvalue weighted by atomic mass is 9.77. The molecule has 0 unspecified atom stereocenters. The van der Waals surface area contributed by atoms with Gasteiger partial charge in [-0.3, -0.25) is 4.90 Å². The summed E-state index contributed by atoms with van der Waals surface area (Å²) in [6, 6.07) is 4.66. The van der Waals surface area contributed by atoms with Gasteiger partial charge in [-0.25, -0.2) is 8.42 Å². The standard InChI is InChI=1S/C23H33ClN2O4S/c24-8-3-1-2-4-11-31(27,28)26-9-5-6-18-15-25-10-7-17-12-22-23(30-16-29-22)13-19(17)21(25)14-20(18)26/h12-13,18,20-21H,1-11,14-16H2/t18-,20+,21-/m0/s1. The molecule has 6 nitrogen and oxygen atoms in total. The highest BCUT2D eigenvalue weighted by Gasteiger charge is 2.46. The number of ether oxygens (including phenoxy) is 2. The lowest BCUT2D eigenvalue weighted by Crippen LogP contribution is -2.57. The molecule has 4 heterocycles. The predicted octanol–water partition coefficient (Wildman–Crippen LogP) is 3.93. The van der Waals surface area contributed by atoms with Crippen LogP contribution in [0.15, 0.2) is 12.1 Å². The van der Waals surface area contributed by atoms with Gasteiger partial charge in [-0.05, 0) is 67.7 Å². The predicted molar refractivity (Wildman–Crippen MR) is 121 cm³/mol. The number of rotatable bonds is 7. The number of hydrogen-bond acceptors (Lipinski definition) is 5. The van der Waals surface area contributed by atoms with E-state index in [4.69, 9.17) is 21.1 Å². The van der Waals surface area contributed by atoms with Gasteiger partial charge >= 0.3 is 0 Å². The minimum Gasteiger partial charge on any atom is -0.454 e. The molecule has 0 radical (unpaired) electrons. The van der Waals surface area contributed by atoms with Crippen LogP contribution in [-0.4, -0.2) is 61.7 Å². The van der Waals surface area contributed by atoms with E-state index in [0.717, 1.165) is 76.0 Å². The van der Waals surface area contributed by atoms with E-state index in [0.29, 0.717) is 18.3 Å². The number of fused-ring (bicyclic) bond motifs is 5. The van der Waals surface area contributed by atoms with Crippen molar-refractivity contribution in [3.63, 3.8) is 0 Å². The molecule has 31 heavy (non-hydrogen) atoms. The molecular formula is C23H33ClN2O4S. The number of sulfonamides is 1. The summed E-state index contributed by atoms with van der Waals surface area (Å²) in [5.41, 5.74) is 2.63. The van der Waals surface area contributed by atoms with Gasteiger partial charge in [0.05, 0.1) is 5.75 Å². The minimum atomic E-state index is -3.23. The number of benzene rings is 1. The summed E-state index contributed by atoms with van der Waals surface area (Å²) >= 11 is 5.75. The van der Waals surface area contributed by atoms with E-state index in [2.05, 4.69) is 17.0 Å². The molecule has 4 aliphatic rings. The van der Waals surface area contributed by atoms with Gasteiger partial charge in [-0.2, -0.15) is 4.31 Å². The Labute approximate surface area is 190 Å². The number of unbranched alkanes of at least 4 members (excludes halogenated alkanes) is 3. The van der Waals surface area contributed by atoms with Gasteiger partial charge in [0.1, 0.15) is 0 Å². The summed E-state index contributed by atoms with van der Waals surface area (Å²) < 4.78 is 39.7. The smallest absolute Gasteiger partial charge is 0.231 e. The fraction of sp³-hybridized carbons (Fsp3) is 0.739. The van der Waals surface area contributed by atoms with Gasteiger partial charge in [0.15, 0.2) is 11.5 Å². The van der Waals surface area contributed by atoms with E-state index in [9.17, 15) is 8.42 Å². The van der Waals surface area contributed by atoms with Crippen LogP contribution in [0.3, 0.4) is 0 Å². The third-order valence-corrected chi connectivity index (χ3v) is 9.79. The summed E-state index contributed by atoms with van der Waals surface area (Å²) in [5, 5.41) is 0. The van der Waals surface area contributed by atoms with Crippen LogP contribution in [0.4, 0.5) is 0 Å². The average Bonchev–Trinajstić information content (AvgIpc) is 3.23. The van der Waals surface area contributed by atoms with Crippen LogP contribution in [0.5, 0.6) is 11.5 Å². The highest BCUT2D eigenvalue weighted by atomic mass is 35.5. The van der Waals surface area contributed by atoms with Crippen molar-refractivity contribution in [3.8, 4) is 11.5 Å². The summed E-state index contributed by atoms with van der Waals surface area (Å²) in [6.07, 6.45) is 7.64. The number of hydrogen-bond donors (Lipinski definition) is 0. The zero-order valence-electron chi connectivity index (χ0n) is 18.1. The second-order valence-electron chi connectivity index (χ2n) is 9.40. The van der Waals surface area contributed by atoms with Crippen LogP contribution >= 0.6 is 11.6 Å². The Morgan fingerprint density at radius 1 is 1.06 bits per heavy atom. The molecule has 0 saturated carbocycles. The van der Waals surface area contributed by atoms with Gasteiger partial charge < -0.3 is 9.47 Å². The van der Waals surface area contributed by atoms with E-state index in [-0.39, 0.29) is 24.6 Å². The normalized spacial score (nSPS) is 28.1.